The van der Waals surface area contributed by atoms with E-state index in [2.05, 4.69) is 71.5 Å². The molecule has 33 heavy (non-hydrogen) atoms. The first kappa shape index (κ1) is 19.5. The average molecular weight is 435 g/mol. The summed E-state index contributed by atoms with van der Waals surface area (Å²) in [6.07, 6.45) is 10.6. The van der Waals surface area contributed by atoms with Crippen LogP contribution in [0.25, 0.3) is 38.5 Å². The molecule has 2 aromatic carbocycles. The van der Waals surface area contributed by atoms with Crippen LogP contribution < -0.4 is 4.57 Å². The Morgan fingerprint density at radius 3 is 2.36 bits per heavy atom. The maximum Gasteiger partial charge on any atom is 0.297 e. The monoisotopic (exact) mass is 434 g/mol. The van der Waals surface area contributed by atoms with E-state index in [0.29, 0.717) is 11.8 Å². The molecule has 2 fully saturated rings. The van der Waals surface area contributed by atoms with Crippen LogP contribution in [0, 0.1) is 6.92 Å². The molecule has 0 spiro atoms. The molecule has 2 aliphatic rings. The van der Waals surface area contributed by atoms with Gasteiger partial charge in [-0.2, -0.15) is 4.40 Å². The Kier molecular flexibility index (Phi) is 4.31. The molecular weight excluding hydrogens is 402 g/mol. The van der Waals surface area contributed by atoms with Gasteiger partial charge in [0, 0.05) is 17.0 Å². The molecule has 3 heteroatoms. The lowest BCUT2D eigenvalue weighted by atomic mass is 9.95. The predicted molar refractivity (Wildman–Crippen MR) is 136 cm³/mol. The second-order valence-corrected chi connectivity index (χ2v) is 10.5. The molecule has 166 valence electrons. The third-order valence-electron chi connectivity index (χ3n) is 8.59. The number of aromatic nitrogens is 3. The van der Waals surface area contributed by atoms with Gasteiger partial charge in [0.15, 0.2) is 11.0 Å². The highest BCUT2D eigenvalue weighted by Crippen LogP contribution is 2.40. The number of aryl methyl sites for hydroxylation is 2. The maximum absolute atomic E-state index is 5.41. The molecule has 7 rings (SSSR count). The molecule has 0 N–H and O–H groups in total. The van der Waals surface area contributed by atoms with Crippen molar-refractivity contribution >= 4 is 38.5 Å². The zero-order valence-electron chi connectivity index (χ0n) is 19.8. The molecule has 0 amide bonds. The lowest BCUT2D eigenvalue weighted by molar-refractivity contribution is -0.617. The van der Waals surface area contributed by atoms with Crippen molar-refractivity contribution in [2.75, 3.05) is 0 Å². The van der Waals surface area contributed by atoms with Crippen molar-refractivity contribution in [2.24, 2.45) is 7.05 Å². The van der Waals surface area contributed by atoms with Crippen molar-refractivity contribution in [3.05, 3.63) is 65.4 Å². The van der Waals surface area contributed by atoms with Crippen LogP contribution in [0.1, 0.15) is 80.0 Å². The van der Waals surface area contributed by atoms with Gasteiger partial charge < -0.3 is 0 Å². The highest BCUT2D eigenvalue weighted by atomic mass is 15.1. The number of benzene rings is 2. The summed E-state index contributed by atoms with van der Waals surface area (Å²) < 4.78 is 4.89. The standard InChI is InChI=1S/C30H32N3/c1-19-17-24(21-11-5-6-12-21)31-29-23-16-15-22(20-9-3-4-10-20)18-27(23)33-26-14-8-7-13-25(26)32(2)30(33)28(19)29/h7-8,13-18,20-21H,3-6,9-12H2,1-2H3/q+1. The quantitative estimate of drug-likeness (QED) is 0.212. The van der Waals surface area contributed by atoms with Crippen LogP contribution >= 0.6 is 0 Å². The van der Waals surface area contributed by atoms with Gasteiger partial charge in [-0.25, -0.2) is 4.57 Å². The molecule has 2 saturated carbocycles. The molecule has 3 heterocycles. The van der Waals surface area contributed by atoms with Crippen molar-refractivity contribution in [1.82, 2.24) is 9.38 Å². The summed E-state index contributed by atoms with van der Waals surface area (Å²) in [5.41, 5.74) is 10.5. The molecule has 3 aromatic heterocycles. The summed E-state index contributed by atoms with van der Waals surface area (Å²) in [7, 11) is 2.22. The molecule has 0 unspecified atom stereocenters. The van der Waals surface area contributed by atoms with Crippen molar-refractivity contribution in [3.63, 3.8) is 0 Å². The minimum Gasteiger partial charge on any atom is -0.251 e. The molecular formula is C30H32N3+. The zero-order valence-corrected chi connectivity index (χ0v) is 19.8. The minimum atomic E-state index is 0.622. The molecule has 0 atom stereocenters. The molecule has 5 aromatic rings. The number of fused-ring (bicyclic) bond motifs is 8. The normalized spacial score (nSPS) is 18.0. The first-order valence-corrected chi connectivity index (χ1v) is 12.9. The van der Waals surface area contributed by atoms with E-state index in [4.69, 9.17) is 4.98 Å². The Morgan fingerprint density at radius 1 is 0.848 bits per heavy atom. The summed E-state index contributed by atoms with van der Waals surface area (Å²) in [6, 6.07) is 18.5. The number of imidazole rings is 1. The fourth-order valence-electron chi connectivity index (χ4n) is 6.89. The van der Waals surface area contributed by atoms with E-state index in [-0.39, 0.29) is 0 Å². The number of hydrogen-bond acceptors (Lipinski definition) is 1. The van der Waals surface area contributed by atoms with Crippen molar-refractivity contribution in [3.8, 4) is 0 Å². The third kappa shape index (κ3) is 2.81. The van der Waals surface area contributed by atoms with E-state index in [9.17, 15) is 0 Å². The van der Waals surface area contributed by atoms with Gasteiger partial charge in [-0.3, -0.25) is 4.98 Å². The third-order valence-corrected chi connectivity index (χ3v) is 8.59. The molecule has 0 aliphatic heterocycles. The SMILES string of the molecule is Cc1cc(C2CCCC2)nc2c3ccc(C4CCCC4)cc3n3c4ccccc4[n+](C)c3c12. The molecule has 0 radical (unpaired) electrons. The van der Waals surface area contributed by atoms with Crippen LogP contribution in [0.5, 0.6) is 0 Å². The Morgan fingerprint density at radius 2 is 1.58 bits per heavy atom. The lowest BCUT2D eigenvalue weighted by Crippen LogP contribution is -2.27. The van der Waals surface area contributed by atoms with E-state index in [1.807, 2.05) is 0 Å². The van der Waals surface area contributed by atoms with E-state index < -0.39 is 0 Å². The smallest absolute Gasteiger partial charge is 0.251 e. The van der Waals surface area contributed by atoms with Crippen LogP contribution in [0.2, 0.25) is 0 Å². The van der Waals surface area contributed by atoms with E-state index >= 15 is 0 Å². The van der Waals surface area contributed by atoms with Crippen molar-refractivity contribution in [2.45, 2.75) is 70.1 Å². The number of para-hydroxylation sites is 2. The highest BCUT2D eigenvalue weighted by molar-refractivity contribution is 6.12. The Labute approximate surface area is 195 Å². The van der Waals surface area contributed by atoms with Crippen LogP contribution in [-0.4, -0.2) is 9.38 Å². The largest absolute Gasteiger partial charge is 0.297 e. The topological polar surface area (TPSA) is 21.2 Å². The number of rotatable bonds is 2. The van der Waals surface area contributed by atoms with E-state index in [1.54, 1.807) is 0 Å². The summed E-state index contributed by atoms with van der Waals surface area (Å²) in [6.45, 7) is 2.29. The summed E-state index contributed by atoms with van der Waals surface area (Å²) in [4.78, 5) is 5.41. The Bertz CT molecular complexity index is 1550. The minimum absolute atomic E-state index is 0.622. The highest BCUT2D eigenvalue weighted by Gasteiger charge is 2.28. The first-order valence-electron chi connectivity index (χ1n) is 12.9. The van der Waals surface area contributed by atoms with Crippen LogP contribution in [0.3, 0.4) is 0 Å². The van der Waals surface area contributed by atoms with Gasteiger partial charge in [-0.05, 0) is 80.0 Å². The van der Waals surface area contributed by atoms with E-state index in [1.165, 1.54) is 107 Å². The van der Waals surface area contributed by atoms with Gasteiger partial charge in [-0.15, -0.1) is 0 Å². The van der Waals surface area contributed by atoms with Gasteiger partial charge >= 0.3 is 0 Å². The first-order chi connectivity index (χ1) is 16.2. The molecule has 2 aliphatic carbocycles. The second kappa shape index (κ2) is 7.28. The number of hydrogen-bond donors (Lipinski definition) is 0. The van der Waals surface area contributed by atoms with Gasteiger partial charge in [0.1, 0.15) is 5.52 Å². The molecule has 3 nitrogen and oxygen atoms in total. The summed E-state index contributed by atoms with van der Waals surface area (Å²) >= 11 is 0. The fourth-order valence-corrected chi connectivity index (χ4v) is 6.89. The van der Waals surface area contributed by atoms with Crippen LogP contribution in [0.15, 0.2) is 48.5 Å². The molecule has 0 bridgehead atoms. The predicted octanol–water partition coefficient (Wildman–Crippen LogP) is 7.24. The Hall–Kier alpha value is -2.94. The second-order valence-electron chi connectivity index (χ2n) is 10.5. The van der Waals surface area contributed by atoms with Crippen molar-refractivity contribution in [1.29, 1.82) is 0 Å². The van der Waals surface area contributed by atoms with Crippen molar-refractivity contribution < 1.29 is 4.57 Å². The maximum atomic E-state index is 5.41. The summed E-state index contributed by atoms with van der Waals surface area (Å²) in [5.74, 6) is 1.33. The number of pyridine rings is 2. The van der Waals surface area contributed by atoms with Crippen LogP contribution in [-0.2, 0) is 7.05 Å². The van der Waals surface area contributed by atoms with Gasteiger partial charge in [0.2, 0.25) is 0 Å². The summed E-state index contributed by atoms with van der Waals surface area (Å²) in [5, 5.41) is 2.60. The van der Waals surface area contributed by atoms with Gasteiger partial charge in [-0.1, -0.05) is 43.9 Å². The van der Waals surface area contributed by atoms with Crippen LogP contribution in [0.4, 0.5) is 0 Å². The zero-order chi connectivity index (χ0) is 22.1. The van der Waals surface area contributed by atoms with Gasteiger partial charge in [0.05, 0.1) is 18.0 Å². The fraction of sp³-hybridized carbons (Fsp3) is 0.400. The average Bonchev–Trinajstić information content (AvgIpc) is 3.61. The Balaban J connectivity index is 1.65. The molecule has 0 saturated heterocycles. The van der Waals surface area contributed by atoms with E-state index in [0.717, 1.165) is 0 Å². The number of nitrogens with zero attached hydrogens (tertiary/aromatic N) is 3. The lowest BCUT2D eigenvalue weighted by Gasteiger charge is -2.15. The van der Waals surface area contributed by atoms with Gasteiger partial charge in [0.25, 0.3) is 5.65 Å².